The lowest BCUT2D eigenvalue weighted by atomic mass is 10.0. The average molecular weight is 787 g/mol. The monoisotopic (exact) mass is 785 g/mol. The molecule has 0 spiro atoms. The van der Waals surface area contributed by atoms with Crippen molar-refractivity contribution >= 4 is 45.0 Å². The molecule has 0 unspecified atom stereocenters. The number of aryl methyl sites for hydroxylation is 4. The maximum absolute atomic E-state index is 12.5. The van der Waals surface area contributed by atoms with E-state index in [0.29, 0.717) is 11.4 Å². The lowest BCUT2D eigenvalue weighted by molar-refractivity contribution is 0.0818. The summed E-state index contributed by atoms with van der Waals surface area (Å²) >= 11 is 11.8. The number of terminal acetylenes is 1. The van der Waals surface area contributed by atoms with Gasteiger partial charge in [-0.3, -0.25) is 0 Å². The Balaban J connectivity index is 0.000000316. The molecule has 2 aliphatic rings. The molecule has 8 rings (SSSR count). The molecule has 0 saturated carbocycles. The highest BCUT2D eigenvalue weighted by Crippen LogP contribution is 2.39. The van der Waals surface area contributed by atoms with E-state index >= 15 is 0 Å². The Hall–Kier alpha value is -6.48. The maximum atomic E-state index is 12.5. The first-order valence-electron chi connectivity index (χ1n) is 20.0. The van der Waals surface area contributed by atoms with Crippen LogP contribution < -0.4 is 4.74 Å². The molecule has 4 aromatic heterocycles. The molecule has 0 atom stereocenters. The van der Waals surface area contributed by atoms with Crippen LogP contribution in [0.1, 0.15) is 41.2 Å². The van der Waals surface area contributed by atoms with Gasteiger partial charge >= 0.3 is 0 Å². The fraction of sp³-hybridized carbons (Fsp3) is 0.209. The summed E-state index contributed by atoms with van der Waals surface area (Å²) in [4.78, 5) is 16.1. The van der Waals surface area contributed by atoms with Crippen molar-refractivity contribution < 1.29 is 29.0 Å². The molecule has 0 saturated heterocycles. The number of para-hydroxylation sites is 2. The van der Waals surface area contributed by atoms with Crippen LogP contribution in [-0.2, 0) is 25.9 Å². The van der Waals surface area contributed by atoms with Crippen LogP contribution in [-0.4, -0.2) is 47.2 Å². The molecule has 6 heterocycles. The van der Waals surface area contributed by atoms with Crippen molar-refractivity contribution in [1.82, 2.24) is 29.1 Å². The summed E-state index contributed by atoms with van der Waals surface area (Å²) in [5.41, 5.74) is 7.69. The average Bonchev–Trinajstić information content (AvgIpc) is 3.87. The highest BCUT2D eigenvalue weighted by molar-refractivity contribution is 6.28. The number of nitrogens with zero attached hydrogens (tertiary/aromatic N) is 6. The second-order valence-electron chi connectivity index (χ2n) is 12.0. The maximum Gasteiger partial charge on any atom is 0.272 e. The number of aromatic nitrogens is 6. The Morgan fingerprint density at radius 2 is 1.35 bits per heavy atom. The number of halogens is 4. The van der Waals surface area contributed by atoms with Gasteiger partial charge < -0.3 is 19.0 Å². The van der Waals surface area contributed by atoms with E-state index in [1.54, 1.807) is 6.92 Å². The van der Waals surface area contributed by atoms with E-state index in [2.05, 4.69) is 107 Å². The number of hydrogen-bond donors (Lipinski definition) is 1. The van der Waals surface area contributed by atoms with Gasteiger partial charge in [-0.1, -0.05) is 42.3 Å². The van der Waals surface area contributed by atoms with Crippen LogP contribution in [0.4, 0.5) is 8.78 Å². The minimum Gasteiger partial charge on any atom is -0.504 e. The van der Waals surface area contributed by atoms with Crippen molar-refractivity contribution in [3.8, 4) is 93.7 Å². The topological polar surface area (TPSA) is 90.9 Å². The Kier molecular flexibility index (Phi) is 11.2. The van der Waals surface area contributed by atoms with E-state index in [1.807, 2.05) is 24.5 Å². The van der Waals surface area contributed by atoms with Crippen LogP contribution in [0.5, 0.6) is 11.5 Å². The molecule has 0 fully saturated rings. The first kappa shape index (κ1) is 34.3. The first-order chi connectivity index (χ1) is 29.8. The van der Waals surface area contributed by atoms with E-state index in [1.165, 1.54) is 29.0 Å². The molecule has 0 amide bonds. The predicted molar refractivity (Wildman–Crippen MR) is 220 cm³/mol. The molecule has 2 aromatic carbocycles. The second kappa shape index (κ2) is 18.0. The first-order valence-corrected chi connectivity index (χ1v) is 17.8. The number of benzene rings is 2. The van der Waals surface area contributed by atoms with Crippen molar-refractivity contribution in [2.75, 3.05) is 6.61 Å². The molecule has 1 N–H and O–H groups in total. The molecule has 0 aliphatic carbocycles. The molecule has 2 aliphatic heterocycles. The molecule has 12 heteroatoms. The minimum atomic E-state index is -2.57. The third-order valence-corrected chi connectivity index (χ3v) is 8.93. The highest BCUT2D eigenvalue weighted by atomic mass is 35.5. The van der Waals surface area contributed by atoms with Crippen LogP contribution in [0.15, 0.2) is 61.2 Å². The third kappa shape index (κ3) is 9.01. The van der Waals surface area contributed by atoms with Gasteiger partial charge in [0.2, 0.25) is 10.6 Å². The Labute approximate surface area is 337 Å². The normalized spacial score (nSPS) is 12.2. The molecule has 8 nitrogen and oxygen atoms in total. The number of ether oxygens (including phenoxy) is 1. The fourth-order valence-corrected chi connectivity index (χ4v) is 6.76. The van der Waals surface area contributed by atoms with Gasteiger partial charge in [0, 0.05) is 57.7 Å². The molecule has 0 radical (unpaired) electrons. The summed E-state index contributed by atoms with van der Waals surface area (Å²) in [6, 6.07) is 12.4. The molecule has 55 heavy (non-hydrogen) atoms. The van der Waals surface area contributed by atoms with E-state index in [4.69, 9.17) is 43.3 Å². The van der Waals surface area contributed by atoms with Gasteiger partial charge in [-0.15, -0.1) is 6.42 Å². The van der Waals surface area contributed by atoms with Gasteiger partial charge in [-0.2, -0.15) is 0 Å². The zero-order valence-electron chi connectivity index (χ0n) is 35.4. The summed E-state index contributed by atoms with van der Waals surface area (Å²) in [7, 11) is 0. The van der Waals surface area contributed by atoms with Crippen LogP contribution in [0, 0.1) is 59.7 Å². The van der Waals surface area contributed by atoms with Crippen LogP contribution in [0.2, 0.25) is 10.6 Å². The van der Waals surface area contributed by atoms with Gasteiger partial charge in [0.15, 0.2) is 11.5 Å². The number of aromatic hydroxyl groups is 1. The Morgan fingerprint density at radius 3 is 1.91 bits per heavy atom. The van der Waals surface area contributed by atoms with E-state index < -0.39 is 13.0 Å². The summed E-state index contributed by atoms with van der Waals surface area (Å²) in [6.45, 7) is 2.91. The van der Waals surface area contributed by atoms with Gasteiger partial charge in [0.05, 0.1) is 23.4 Å². The third-order valence-electron chi connectivity index (χ3n) is 8.57. The summed E-state index contributed by atoms with van der Waals surface area (Å²) in [5.74, 6) is 22.2. The second-order valence-corrected chi connectivity index (χ2v) is 12.7. The van der Waals surface area contributed by atoms with Gasteiger partial charge in [-0.25, -0.2) is 28.7 Å². The van der Waals surface area contributed by atoms with E-state index in [0.717, 1.165) is 66.2 Å². The predicted octanol–water partition coefficient (Wildman–Crippen LogP) is 9.38. The number of rotatable bonds is 5. The van der Waals surface area contributed by atoms with Gasteiger partial charge in [0.25, 0.3) is 6.43 Å². The number of hydrogen-bond acceptors (Lipinski definition) is 6. The molecular formula is C43H38Cl2F2N6O2. The summed E-state index contributed by atoms with van der Waals surface area (Å²) in [6.07, 6.45) is 13.3. The van der Waals surface area contributed by atoms with E-state index in [-0.39, 0.29) is 23.5 Å². The van der Waals surface area contributed by atoms with E-state index in [9.17, 15) is 13.9 Å². The zero-order chi connectivity index (χ0) is 44.7. The smallest absolute Gasteiger partial charge is 0.272 e. The number of alkyl halides is 2. The quantitative estimate of drug-likeness (QED) is 0.138. The Bertz CT molecular complexity index is 2740. The van der Waals surface area contributed by atoms with Crippen LogP contribution >= 0.6 is 23.2 Å². The minimum absolute atomic E-state index is 0. The molecule has 6 aromatic rings. The Morgan fingerprint density at radius 1 is 0.818 bits per heavy atom. The van der Waals surface area contributed by atoms with Gasteiger partial charge in [-0.05, 0) is 114 Å². The summed E-state index contributed by atoms with van der Waals surface area (Å²) in [5, 5.41) is 12.3. The van der Waals surface area contributed by atoms with Crippen molar-refractivity contribution in [3.63, 3.8) is 0 Å². The van der Waals surface area contributed by atoms with Crippen molar-refractivity contribution in [1.29, 1.82) is 0 Å². The van der Waals surface area contributed by atoms with Crippen molar-refractivity contribution in [2.24, 2.45) is 0 Å². The lowest BCUT2D eigenvalue weighted by Gasteiger charge is -2.14. The molecular weight excluding hydrogens is 741 g/mol. The fourth-order valence-electron chi connectivity index (χ4n) is 6.50. The summed E-state index contributed by atoms with van der Waals surface area (Å²) < 4.78 is 64.6. The van der Waals surface area contributed by atoms with Crippen LogP contribution in [0.3, 0.4) is 0 Å². The highest BCUT2D eigenvalue weighted by Gasteiger charge is 2.22. The van der Waals surface area contributed by atoms with Crippen molar-refractivity contribution in [2.45, 2.75) is 52.1 Å². The SMILES string of the molecule is C#CC#CC#CC#CC#CC.FC(F)COc1cnc(Cl)nc1-c1cn2c3c(cccc13)CCC2.Oc1cnc(Cl)nc1-c1cn2c3c(cccc13)CCC2.[2HH].[2H][2H].[2H][2H].[2H][2H]. The zero-order valence-corrected chi connectivity index (χ0v) is 30.9. The van der Waals surface area contributed by atoms with Gasteiger partial charge in [0.1, 0.15) is 18.0 Å². The lowest BCUT2D eigenvalue weighted by Crippen LogP contribution is -2.08. The standard InChI is InChI=1S/C17H14ClF2N3O.C15H12ClN3O.C11H4.4H2/c18-17-21-7-13(24-9-14(19)20)15(22-17)12-8-23-6-2-4-10-3-1-5-11(12)16(10)23;16-15-17-7-12(20)13(18-15)11-8-19-6-2-4-9-3-1-5-10(11)14(9)19;1-3-5-7-9-11-10-8-6-4-2;;;;/h1,3,5,7-8,14H,2,4,6,9H2;1,3,5,7-8,20H,2,4,6H2;1H,2H3;4*1H/i;;;3*1+1D;1+1. The largest absolute Gasteiger partial charge is 0.504 e. The molecule has 280 valence electrons. The molecule has 0 bridgehead atoms. The van der Waals surface area contributed by atoms with Crippen molar-refractivity contribution in [3.05, 3.63) is 82.9 Å². The van der Waals surface area contributed by atoms with Crippen LogP contribution in [0.25, 0.3) is 44.3 Å².